The lowest BCUT2D eigenvalue weighted by Gasteiger charge is -2.06. The van der Waals surface area contributed by atoms with Gasteiger partial charge in [-0.15, -0.1) is 0 Å². The molecule has 6 heteroatoms. The van der Waals surface area contributed by atoms with Crippen LogP contribution in [0.5, 0.6) is 11.5 Å². The lowest BCUT2D eigenvalue weighted by Crippen LogP contribution is -1.93. The maximum Gasteiger partial charge on any atom is 0.290 e. The van der Waals surface area contributed by atoms with Gasteiger partial charge in [0.2, 0.25) is 0 Å². The molecule has 21 heavy (non-hydrogen) atoms. The molecular weight excluding hydrogens is 270 g/mol. The molecule has 0 fully saturated rings. The van der Waals surface area contributed by atoms with Crippen LogP contribution < -0.4 is 4.74 Å². The van der Waals surface area contributed by atoms with Crippen molar-refractivity contribution in [1.82, 2.24) is 0 Å². The topological polar surface area (TPSA) is 99.9 Å². The monoisotopic (exact) mass is 279 g/mol. The van der Waals surface area contributed by atoms with Crippen molar-refractivity contribution in [3.05, 3.63) is 63.7 Å². The third-order valence-electron chi connectivity index (χ3n) is 2.73. The Kier molecular flexibility index (Phi) is 4.13. The summed E-state index contributed by atoms with van der Waals surface area (Å²) >= 11 is 0. The Morgan fingerprint density at radius 1 is 1.10 bits per heavy atom. The highest BCUT2D eigenvalue weighted by Crippen LogP contribution is 2.28. The van der Waals surface area contributed by atoms with Gasteiger partial charge in [0.15, 0.2) is 0 Å². The summed E-state index contributed by atoms with van der Waals surface area (Å²) in [6, 6.07) is 14.7. The van der Waals surface area contributed by atoms with Gasteiger partial charge in [-0.2, -0.15) is 10.5 Å². The van der Waals surface area contributed by atoms with Crippen LogP contribution in [0.25, 0.3) is 0 Å². The normalized spacial score (nSPS) is 9.43. The van der Waals surface area contributed by atoms with Crippen LogP contribution in [-0.4, -0.2) is 4.92 Å². The molecule has 0 N–H and O–H groups in total. The van der Waals surface area contributed by atoms with Crippen molar-refractivity contribution in [2.75, 3.05) is 0 Å². The van der Waals surface area contributed by atoms with E-state index in [9.17, 15) is 10.1 Å². The zero-order valence-corrected chi connectivity index (χ0v) is 10.8. The van der Waals surface area contributed by atoms with E-state index in [1.807, 2.05) is 6.07 Å². The van der Waals surface area contributed by atoms with Crippen molar-refractivity contribution < 1.29 is 9.66 Å². The van der Waals surface area contributed by atoms with E-state index in [4.69, 9.17) is 15.3 Å². The maximum atomic E-state index is 10.9. The molecule has 0 aliphatic carbocycles. The SMILES string of the molecule is N#CCc1ccc(Oc2ccc(C#N)c([N+](=O)[O-])c2)cc1. The van der Waals surface area contributed by atoms with Gasteiger partial charge in [-0.25, -0.2) is 0 Å². The Morgan fingerprint density at radius 3 is 2.33 bits per heavy atom. The third kappa shape index (κ3) is 3.34. The van der Waals surface area contributed by atoms with E-state index >= 15 is 0 Å². The Morgan fingerprint density at radius 2 is 1.76 bits per heavy atom. The van der Waals surface area contributed by atoms with Gasteiger partial charge >= 0.3 is 0 Å². The van der Waals surface area contributed by atoms with Crippen LogP contribution in [0.3, 0.4) is 0 Å². The van der Waals surface area contributed by atoms with E-state index in [0.717, 1.165) is 5.56 Å². The van der Waals surface area contributed by atoms with Gasteiger partial charge in [0.25, 0.3) is 5.69 Å². The highest BCUT2D eigenvalue weighted by Gasteiger charge is 2.15. The second-order valence-corrected chi connectivity index (χ2v) is 4.13. The third-order valence-corrected chi connectivity index (χ3v) is 2.73. The van der Waals surface area contributed by atoms with Gasteiger partial charge in [0.05, 0.1) is 23.5 Å². The maximum absolute atomic E-state index is 10.9. The molecule has 2 aromatic rings. The number of hydrogen-bond acceptors (Lipinski definition) is 5. The molecule has 0 atom stereocenters. The van der Waals surface area contributed by atoms with Crippen molar-refractivity contribution >= 4 is 5.69 Å². The number of nitriles is 2. The number of benzene rings is 2. The van der Waals surface area contributed by atoms with Gasteiger partial charge < -0.3 is 4.74 Å². The molecule has 0 unspecified atom stereocenters. The zero-order chi connectivity index (χ0) is 15.2. The predicted octanol–water partition coefficient (Wildman–Crippen LogP) is 3.32. The van der Waals surface area contributed by atoms with E-state index < -0.39 is 4.92 Å². The number of nitro benzene ring substituents is 1. The highest BCUT2D eigenvalue weighted by atomic mass is 16.6. The van der Waals surface area contributed by atoms with E-state index in [-0.39, 0.29) is 17.0 Å². The second kappa shape index (κ2) is 6.18. The summed E-state index contributed by atoms with van der Waals surface area (Å²) in [5, 5.41) is 28.3. The molecule has 0 saturated carbocycles. The molecule has 0 saturated heterocycles. The number of hydrogen-bond donors (Lipinski definition) is 0. The van der Waals surface area contributed by atoms with Gasteiger partial charge in [0, 0.05) is 0 Å². The fraction of sp³-hybridized carbons (Fsp3) is 0.0667. The molecule has 0 aliphatic heterocycles. The van der Waals surface area contributed by atoms with Gasteiger partial charge in [-0.3, -0.25) is 10.1 Å². The highest BCUT2D eigenvalue weighted by molar-refractivity contribution is 5.53. The summed E-state index contributed by atoms with van der Waals surface area (Å²) in [4.78, 5) is 10.2. The molecule has 2 aromatic carbocycles. The van der Waals surface area contributed by atoms with E-state index in [0.29, 0.717) is 12.2 Å². The predicted molar refractivity (Wildman–Crippen MR) is 73.6 cm³/mol. The van der Waals surface area contributed by atoms with Crippen LogP contribution in [-0.2, 0) is 6.42 Å². The molecule has 0 radical (unpaired) electrons. The lowest BCUT2D eigenvalue weighted by molar-refractivity contribution is -0.385. The average molecular weight is 279 g/mol. The molecule has 0 aliphatic rings. The summed E-state index contributed by atoms with van der Waals surface area (Å²) in [7, 11) is 0. The molecule has 0 heterocycles. The first-order valence-electron chi connectivity index (χ1n) is 5.96. The van der Waals surface area contributed by atoms with Crippen LogP contribution in [0.4, 0.5) is 5.69 Å². The summed E-state index contributed by atoms with van der Waals surface area (Å²) in [6.07, 6.45) is 0.308. The van der Waals surface area contributed by atoms with Crippen LogP contribution in [0.1, 0.15) is 11.1 Å². The van der Waals surface area contributed by atoms with Crippen molar-refractivity contribution in [3.63, 3.8) is 0 Å². The number of ether oxygens (including phenoxy) is 1. The van der Waals surface area contributed by atoms with Crippen LogP contribution in [0.15, 0.2) is 42.5 Å². The van der Waals surface area contributed by atoms with Crippen LogP contribution in [0.2, 0.25) is 0 Å². The minimum atomic E-state index is -0.624. The summed E-state index contributed by atoms with van der Waals surface area (Å²) in [5.74, 6) is 0.768. The Bertz CT molecular complexity index is 755. The van der Waals surface area contributed by atoms with E-state index in [1.54, 1.807) is 30.3 Å². The standard InChI is InChI=1S/C15H9N3O3/c16-8-7-11-1-4-13(5-2-11)21-14-6-3-12(10-17)15(9-14)18(19)20/h1-6,9H,7H2. The van der Waals surface area contributed by atoms with Gasteiger partial charge in [-0.05, 0) is 29.8 Å². The first-order valence-corrected chi connectivity index (χ1v) is 5.96. The Labute approximate surface area is 120 Å². The Balaban J connectivity index is 2.24. The number of nitro groups is 1. The largest absolute Gasteiger partial charge is 0.457 e. The molecule has 102 valence electrons. The van der Waals surface area contributed by atoms with Crippen molar-refractivity contribution in [2.24, 2.45) is 0 Å². The van der Waals surface area contributed by atoms with Crippen LogP contribution in [0, 0.1) is 32.8 Å². The Hall–Kier alpha value is -3.38. The summed E-state index contributed by atoms with van der Waals surface area (Å²) in [5.41, 5.74) is 0.545. The van der Waals surface area contributed by atoms with E-state index in [1.165, 1.54) is 18.2 Å². The van der Waals surface area contributed by atoms with Crippen LogP contribution >= 0.6 is 0 Å². The molecule has 0 bridgehead atoms. The summed E-state index contributed by atoms with van der Waals surface area (Å²) < 4.78 is 5.51. The van der Waals surface area contributed by atoms with Gasteiger partial charge in [0.1, 0.15) is 23.1 Å². The molecule has 0 spiro atoms. The summed E-state index contributed by atoms with van der Waals surface area (Å²) in [6.45, 7) is 0. The number of rotatable bonds is 4. The van der Waals surface area contributed by atoms with Crippen molar-refractivity contribution in [1.29, 1.82) is 10.5 Å². The first kappa shape index (κ1) is 14.0. The minimum Gasteiger partial charge on any atom is -0.457 e. The minimum absolute atomic E-state index is 0.0169. The lowest BCUT2D eigenvalue weighted by atomic mass is 10.1. The quantitative estimate of drug-likeness (QED) is 0.631. The average Bonchev–Trinajstić information content (AvgIpc) is 2.49. The fourth-order valence-electron chi connectivity index (χ4n) is 1.72. The molecule has 2 rings (SSSR count). The zero-order valence-electron chi connectivity index (χ0n) is 10.8. The fourth-order valence-corrected chi connectivity index (χ4v) is 1.72. The van der Waals surface area contributed by atoms with Crippen molar-refractivity contribution in [3.8, 4) is 23.6 Å². The number of nitrogens with zero attached hydrogens (tertiary/aromatic N) is 3. The molecule has 0 aromatic heterocycles. The second-order valence-electron chi connectivity index (χ2n) is 4.13. The molecule has 6 nitrogen and oxygen atoms in total. The van der Waals surface area contributed by atoms with Gasteiger partial charge in [-0.1, -0.05) is 12.1 Å². The first-order chi connectivity index (χ1) is 10.1. The van der Waals surface area contributed by atoms with E-state index in [2.05, 4.69) is 0 Å². The molecule has 0 amide bonds. The smallest absolute Gasteiger partial charge is 0.290 e. The van der Waals surface area contributed by atoms with Crippen molar-refractivity contribution in [2.45, 2.75) is 6.42 Å². The molecular formula is C15H9N3O3.